The summed E-state index contributed by atoms with van der Waals surface area (Å²) >= 11 is 0. The zero-order valence-corrected chi connectivity index (χ0v) is 10.7. The van der Waals surface area contributed by atoms with Gasteiger partial charge in [0.15, 0.2) is 0 Å². The number of aromatic nitrogens is 1. The fraction of sp³-hybridized carbons (Fsp3) is 0.400. The largest absolute Gasteiger partial charge is 0.481 e. The van der Waals surface area contributed by atoms with E-state index in [0.717, 1.165) is 36.8 Å². The van der Waals surface area contributed by atoms with E-state index in [9.17, 15) is 9.18 Å². The van der Waals surface area contributed by atoms with Gasteiger partial charge in [0.1, 0.15) is 5.82 Å². The Labute approximate surface area is 110 Å². The molecule has 3 rings (SSSR count). The molecule has 1 aliphatic rings. The summed E-state index contributed by atoms with van der Waals surface area (Å²) in [7, 11) is 0. The summed E-state index contributed by atoms with van der Waals surface area (Å²) in [5.74, 6) is -1.10. The van der Waals surface area contributed by atoms with Crippen molar-refractivity contribution in [2.75, 3.05) is 0 Å². The third-order valence-electron chi connectivity index (χ3n) is 3.90. The van der Waals surface area contributed by atoms with Crippen molar-refractivity contribution in [3.8, 4) is 0 Å². The molecule has 0 bridgehead atoms. The van der Waals surface area contributed by atoms with E-state index in [1.165, 1.54) is 11.6 Å². The second-order valence-electron chi connectivity index (χ2n) is 5.06. The summed E-state index contributed by atoms with van der Waals surface area (Å²) < 4.78 is 16.0. The van der Waals surface area contributed by atoms with E-state index >= 15 is 0 Å². The van der Waals surface area contributed by atoms with Crippen molar-refractivity contribution in [1.82, 2.24) is 4.57 Å². The fourth-order valence-electron chi connectivity index (χ4n) is 3.10. The van der Waals surface area contributed by atoms with Gasteiger partial charge in [-0.1, -0.05) is 12.1 Å². The van der Waals surface area contributed by atoms with Crippen LogP contribution in [0.1, 0.15) is 30.5 Å². The first-order valence-electron chi connectivity index (χ1n) is 6.68. The molecule has 0 radical (unpaired) electrons. The highest BCUT2D eigenvalue weighted by Gasteiger charge is 2.21. The Hall–Kier alpha value is -1.84. The zero-order valence-electron chi connectivity index (χ0n) is 10.7. The van der Waals surface area contributed by atoms with Crippen LogP contribution in [0.3, 0.4) is 0 Å². The third-order valence-corrected chi connectivity index (χ3v) is 3.90. The first kappa shape index (κ1) is 12.2. The van der Waals surface area contributed by atoms with Crippen molar-refractivity contribution in [3.63, 3.8) is 0 Å². The first-order valence-corrected chi connectivity index (χ1v) is 6.68. The predicted octanol–water partition coefficient (Wildman–Crippen LogP) is 3.13. The Morgan fingerprint density at radius 3 is 2.89 bits per heavy atom. The van der Waals surface area contributed by atoms with Gasteiger partial charge in [-0.25, -0.2) is 4.39 Å². The van der Waals surface area contributed by atoms with Gasteiger partial charge in [0.05, 0.1) is 11.9 Å². The van der Waals surface area contributed by atoms with Gasteiger partial charge in [0, 0.05) is 17.6 Å². The number of hydrogen-bond acceptors (Lipinski definition) is 1. The molecule has 0 amide bonds. The number of aliphatic carboxylic acids is 1. The number of halogens is 1. The van der Waals surface area contributed by atoms with E-state index in [1.807, 2.05) is 10.6 Å². The zero-order chi connectivity index (χ0) is 13.4. The smallest absolute Gasteiger partial charge is 0.305 e. The number of nitrogens with zero attached hydrogens (tertiary/aromatic N) is 1. The molecule has 0 aliphatic heterocycles. The van der Waals surface area contributed by atoms with Gasteiger partial charge in [-0.2, -0.15) is 0 Å². The summed E-state index contributed by atoms with van der Waals surface area (Å²) in [5, 5.41) is 9.81. The molecule has 0 fully saturated rings. The van der Waals surface area contributed by atoms with Crippen molar-refractivity contribution in [3.05, 3.63) is 35.3 Å². The number of hydrogen-bond donors (Lipinski definition) is 1. The summed E-state index contributed by atoms with van der Waals surface area (Å²) in [6.07, 6.45) is 4.14. The summed E-state index contributed by atoms with van der Waals surface area (Å²) in [6, 6.07) is 5.12. The number of carboxylic acid groups (broad SMARTS) is 1. The van der Waals surface area contributed by atoms with E-state index in [2.05, 4.69) is 0 Å². The maximum Gasteiger partial charge on any atom is 0.305 e. The maximum atomic E-state index is 14.1. The molecule has 1 aromatic heterocycles. The van der Waals surface area contributed by atoms with Gasteiger partial charge in [0.25, 0.3) is 0 Å². The van der Waals surface area contributed by atoms with Crippen LogP contribution in [0.15, 0.2) is 18.2 Å². The highest BCUT2D eigenvalue weighted by atomic mass is 19.1. The van der Waals surface area contributed by atoms with Crippen LogP contribution in [0.25, 0.3) is 10.9 Å². The normalized spacial score (nSPS) is 14.6. The number of rotatable bonds is 3. The van der Waals surface area contributed by atoms with Crippen LogP contribution in [0.5, 0.6) is 0 Å². The Balaban J connectivity index is 2.19. The first-order chi connectivity index (χ1) is 9.18. The Bertz CT molecular complexity index is 645. The minimum absolute atomic E-state index is 0.0323. The van der Waals surface area contributed by atoms with Gasteiger partial charge in [-0.05, 0) is 37.3 Å². The lowest BCUT2D eigenvalue weighted by molar-refractivity contribution is -0.137. The molecule has 1 aliphatic carbocycles. The standard InChI is InChI=1S/C15H16FNO2/c16-12-6-3-5-11-10-4-1-2-7-13(10)17(15(11)12)9-8-14(18)19/h3,5-6H,1-2,4,7-9H2,(H,18,19). The van der Waals surface area contributed by atoms with Gasteiger partial charge in [0.2, 0.25) is 0 Å². The molecule has 1 N–H and O–H groups in total. The predicted molar refractivity (Wildman–Crippen MR) is 70.8 cm³/mol. The number of carboxylic acids is 1. The fourth-order valence-corrected chi connectivity index (χ4v) is 3.10. The van der Waals surface area contributed by atoms with Crippen LogP contribution in [-0.2, 0) is 24.2 Å². The average molecular weight is 261 g/mol. The highest BCUT2D eigenvalue weighted by molar-refractivity contribution is 5.86. The summed E-state index contributed by atoms with van der Waals surface area (Å²) in [6.45, 7) is 0.349. The SMILES string of the molecule is O=C(O)CCn1c2c(c3cccc(F)c31)CCCC2. The molecule has 0 saturated heterocycles. The van der Waals surface area contributed by atoms with E-state index in [-0.39, 0.29) is 12.2 Å². The monoisotopic (exact) mass is 261 g/mol. The molecule has 1 aromatic carbocycles. The molecule has 2 aromatic rings. The third kappa shape index (κ3) is 2.01. The van der Waals surface area contributed by atoms with Gasteiger partial charge in [-0.3, -0.25) is 4.79 Å². The Morgan fingerprint density at radius 2 is 2.11 bits per heavy atom. The molecular formula is C15H16FNO2. The molecule has 19 heavy (non-hydrogen) atoms. The Morgan fingerprint density at radius 1 is 1.32 bits per heavy atom. The molecule has 100 valence electrons. The minimum atomic E-state index is -0.845. The van der Waals surface area contributed by atoms with Gasteiger partial charge >= 0.3 is 5.97 Å². The number of para-hydroxylation sites is 1. The molecule has 0 spiro atoms. The van der Waals surface area contributed by atoms with E-state index in [0.29, 0.717) is 12.1 Å². The molecule has 0 saturated carbocycles. The number of carbonyl (C=O) groups is 1. The maximum absolute atomic E-state index is 14.1. The topological polar surface area (TPSA) is 42.2 Å². The molecule has 0 unspecified atom stereocenters. The number of benzene rings is 1. The van der Waals surface area contributed by atoms with E-state index < -0.39 is 5.97 Å². The summed E-state index contributed by atoms with van der Waals surface area (Å²) in [4.78, 5) is 10.8. The van der Waals surface area contributed by atoms with Crippen LogP contribution >= 0.6 is 0 Å². The van der Waals surface area contributed by atoms with Gasteiger partial charge in [-0.15, -0.1) is 0 Å². The van der Waals surface area contributed by atoms with Crippen molar-refractivity contribution < 1.29 is 14.3 Å². The van der Waals surface area contributed by atoms with E-state index in [4.69, 9.17) is 5.11 Å². The molecule has 1 heterocycles. The van der Waals surface area contributed by atoms with Gasteiger partial charge < -0.3 is 9.67 Å². The van der Waals surface area contributed by atoms with Crippen LogP contribution in [0.2, 0.25) is 0 Å². The quantitative estimate of drug-likeness (QED) is 0.922. The number of fused-ring (bicyclic) bond motifs is 3. The van der Waals surface area contributed by atoms with Crippen LogP contribution in [0.4, 0.5) is 4.39 Å². The van der Waals surface area contributed by atoms with E-state index in [1.54, 1.807) is 6.07 Å². The lowest BCUT2D eigenvalue weighted by Crippen LogP contribution is -2.11. The summed E-state index contributed by atoms with van der Waals surface area (Å²) in [5.41, 5.74) is 2.93. The highest BCUT2D eigenvalue weighted by Crippen LogP contribution is 2.33. The number of aryl methyl sites for hydroxylation is 2. The minimum Gasteiger partial charge on any atom is -0.481 e. The van der Waals surface area contributed by atoms with Crippen LogP contribution in [0, 0.1) is 5.82 Å². The molecule has 3 nitrogen and oxygen atoms in total. The van der Waals surface area contributed by atoms with Crippen LogP contribution in [-0.4, -0.2) is 15.6 Å². The lowest BCUT2D eigenvalue weighted by atomic mass is 9.95. The lowest BCUT2D eigenvalue weighted by Gasteiger charge is -2.15. The molecule has 0 atom stereocenters. The molecule has 4 heteroatoms. The average Bonchev–Trinajstić information content (AvgIpc) is 2.72. The van der Waals surface area contributed by atoms with Crippen molar-refractivity contribution >= 4 is 16.9 Å². The Kier molecular flexibility index (Phi) is 3.01. The van der Waals surface area contributed by atoms with Crippen LogP contribution < -0.4 is 0 Å². The second-order valence-corrected chi connectivity index (χ2v) is 5.06. The van der Waals surface area contributed by atoms with Crippen molar-refractivity contribution in [2.45, 2.75) is 38.6 Å². The molecular weight excluding hydrogens is 245 g/mol. The second kappa shape index (κ2) is 4.68. The van der Waals surface area contributed by atoms with Crippen molar-refractivity contribution in [2.24, 2.45) is 0 Å². The van der Waals surface area contributed by atoms with Crippen molar-refractivity contribution in [1.29, 1.82) is 0 Å².